The molecule has 2 aliphatic heterocycles. The highest BCUT2D eigenvalue weighted by atomic mass is 35.5. The number of ether oxygens (including phenoxy) is 6. The Morgan fingerprint density at radius 3 is 1.60 bits per heavy atom. The van der Waals surface area contributed by atoms with E-state index in [2.05, 4.69) is 46.2 Å². The number of piperidine rings is 2. The lowest BCUT2D eigenvalue weighted by Gasteiger charge is -2.32. The Bertz CT molecular complexity index is 1470. The molecule has 2 N–H and O–H groups in total. The number of carboxylic acids is 1. The number of hydrogen-bond donors (Lipinski definition) is 2. The van der Waals surface area contributed by atoms with Gasteiger partial charge >= 0.3 is 29.8 Å². The number of fused-ring (bicyclic) bond motifs is 2. The molecular formula is C42H69ClN2O13. The number of esters is 4. The third-order valence-corrected chi connectivity index (χ3v) is 10.9. The van der Waals surface area contributed by atoms with Gasteiger partial charge in [-0.1, -0.05) is 39.8 Å². The molecule has 4 rings (SSSR count). The molecule has 4 aliphatic rings. The van der Waals surface area contributed by atoms with Gasteiger partial charge in [0.25, 0.3) is 0 Å². The van der Waals surface area contributed by atoms with Crippen LogP contribution in [0.25, 0.3) is 0 Å². The summed E-state index contributed by atoms with van der Waals surface area (Å²) < 4.78 is 30.6. The van der Waals surface area contributed by atoms with Crippen molar-refractivity contribution < 1.29 is 62.3 Å². The van der Waals surface area contributed by atoms with Crippen LogP contribution in [0.15, 0.2) is 25.3 Å². The molecule has 8 atom stereocenters. The molecule has 0 aromatic heterocycles. The Labute approximate surface area is 350 Å². The molecule has 0 radical (unpaired) electrons. The molecule has 1 amide bonds. The number of aliphatic carboxylic acids is 1. The molecule has 0 aromatic rings. The Morgan fingerprint density at radius 2 is 1.21 bits per heavy atom. The molecule has 0 unspecified atom stereocenters. The normalized spacial score (nSPS) is 25.1. The molecule has 2 saturated carbocycles. The first-order valence-corrected chi connectivity index (χ1v) is 19.5. The van der Waals surface area contributed by atoms with E-state index in [0.29, 0.717) is 23.8 Å². The lowest BCUT2D eigenvalue weighted by Crippen LogP contribution is -2.49. The van der Waals surface area contributed by atoms with Crippen molar-refractivity contribution >= 4 is 48.2 Å². The van der Waals surface area contributed by atoms with E-state index in [0.717, 1.165) is 6.54 Å². The van der Waals surface area contributed by atoms with E-state index in [1.54, 1.807) is 52.5 Å². The van der Waals surface area contributed by atoms with E-state index in [1.165, 1.54) is 20.3 Å². The average molecular weight is 845 g/mol. The predicted molar refractivity (Wildman–Crippen MR) is 218 cm³/mol. The fourth-order valence-corrected chi connectivity index (χ4v) is 7.90. The van der Waals surface area contributed by atoms with E-state index >= 15 is 0 Å². The third-order valence-electron chi connectivity index (χ3n) is 10.9. The second kappa shape index (κ2) is 21.6. The molecule has 58 heavy (non-hydrogen) atoms. The summed E-state index contributed by atoms with van der Waals surface area (Å²) in [5, 5.41) is 12.1. The van der Waals surface area contributed by atoms with Gasteiger partial charge in [0.2, 0.25) is 5.91 Å². The molecule has 0 bridgehead atoms. The van der Waals surface area contributed by atoms with Crippen molar-refractivity contribution in [3.8, 4) is 0 Å². The number of carbonyl (C=O) groups excluding carboxylic acids is 5. The first-order valence-electron chi connectivity index (χ1n) is 19.5. The highest BCUT2D eigenvalue weighted by molar-refractivity contribution is 5.90. The van der Waals surface area contributed by atoms with Gasteiger partial charge in [-0.3, -0.25) is 24.0 Å². The van der Waals surface area contributed by atoms with Gasteiger partial charge < -0.3 is 43.7 Å². The summed E-state index contributed by atoms with van der Waals surface area (Å²) >= 11 is 0. The highest BCUT2D eigenvalue weighted by Gasteiger charge is 2.70. The number of nitrogens with zero attached hydrogens (tertiary/aromatic N) is 1. The first kappa shape index (κ1) is 52.5. The van der Waals surface area contributed by atoms with Gasteiger partial charge in [0.1, 0.15) is 23.3 Å². The maximum Gasteiger partial charge on any atom is 0.328 e. The third kappa shape index (κ3) is 14.6. The standard InChI is InChI=1S/C21H33NO6.C12H20O5.C9H15NO2.ClH/c1-8-9-27-12-13(10-15(23)28-20(2,3)4)18(24)22-11-14-16(21(14,5)6)17(22)19(25)26-7;1-5-6-16-8-9(11(14)15)7-10(13)17-12(2,3)4;1-9(2)5-4-10-7(6(5)9)8(11)12-3;/h8,13-14,16-17H,1,9-12H2,2-7H3;5,9H,1,6-8H2,2-4H3,(H,14,15);5-7,10H,4H2,1-3H3;1H/t13-,14-,16-,17-;9-;5-,6-,7-;/m000./s1. The zero-order chi connectivity index (χ0) is 43.7. The van der Waals surface area contributed by atoms with Crippen LogP contribution in [0, 0.1) is 46.3 Å². The number of rotatable bonds is 16. The van der Waals surface area contributed by atoms with E-state index < -0.39 is 53.0 Å². The summed E-state index contributed by atoms with van der Waals surface area (Å²) in [6.45, 7) is 28.2. The van der Waals surface area contributed by atoms with Crippen LogP contribution in [0.4, 0.5) is 0 Å². The number of amides is 1. The van der Waals surface area contributed by atoms with Crippen LogP contribution in [0.2, 0.25) is 0 Å². The number of methoxy groups -OCH3 is 2. The van der Waals surface area contributed by atoms with Crippen LogP contribution < -0.4 is 5.32 Å². The van der Waals surface area contributed by atoms with Crippen LogP contribution in [0.1, 0.15) is 82.1 Å². The number of likely N-dealkylation sites (tertiary alicyclic amines) is 1. The summed E-state index contributed by atoms with van der Waals surface area (Å²) in [6.07, 6.45) is 2.81. The van der Waals surface area contributed by atoms with Crippen molar-refractivity contribution in [3.05, 3.63) is 25.3 Å². The number of nitrogens with one attached hydrogen (secondary N) is 1. The predicted octanol–water partition coefficient (Wildman–Crippen LogP) is 4.64. The van der Waals surface area contributed by atoms with Crippen LogP contribution in [-0.2, 0) is 57.2 Å². The van der Waals surface area contributed by atoms with Crippen molar-refractivity contribution in [1.29, 1.82) is 0 Å². The quantitative estimate of drug-likeness (QED) is 0.0945. The van der Waals surface area contributed by atoms with Crippen molar-refractivity contribution in [2.24, 2.45) is 46.3 Å². The summed E-state index contributed by atoms with van der Waals surface area (Å²) in [5.74, 6) is -2.92. The number of carboxylic acid groups (broad SMARTS) is 1. The fourth-order valence-electron chi connectivity index (χ4n) is 7.90. The summed E-state index contributed by atoms with van der Waals surface area (Å²) in [5.41, 5.74) is -0.887. The molecule has 16 heteroatoms. The number of carbonyl (C=O) groups is 6. The SMILES string of the molecule is C=CCOC[C@H](CC(=O)OC(C)(C)C)C(=O)N1C[C@H]2[C@@H]([C@H]1C(=O)OC)C2(C)C.C=CCOC[C@H](CC(=O)OC(C)(C)C)C(=O)O.COC(=O)[C@H]1NC[C@H]2[C@@H]1C2(C)C.Cl. The fraction of sp³-hybridized carbons (Fsp3) is 0.762. The van der Waals surface area contributed by atoms with Gasteiger partial charge in [-0.2, -0.15) is 0 Å². The Kier molecular flexibility index (Phi) is 19.6. The van der Waals surface area contributed by atoms with Gasteiger partial charge in [-0.05, 0) is 76.7 Å². The van der Waals surface area contributed by atoms with Crippen LogP contribution in [0.5, 0.6) is 0 Å². The zero-order valence-corrected chi connectivity index (χ0v) is 37.4. The van der Waals surface area contributed by atoms with Gasteiger partial charge in [0.05, 0.1) is 65.3 Å². The Balaban J connectivity index is 0.000000475. The number of halogens is 1. The zero-order valence-electron chi connectivity index (χ0n) is 36.5. The van der Waals surface area contributed by atoms with E-state index in [9.17, 15) is 28.8 Å². The second-order valence-electron chi connectivity index (χ2n) is 18.2. The van der Waals surface area contributed by atoms with Gasteiger partial charge in [0.15, 0.2) is 0 Å². The van der Waals surface area contributed by atoms with E-state index in [1.807, 2.05) is 0 Å². The minimum absolute atomic E-state index is 0. The van der Waals surface area contributed by atoms with Crippen LogP contribution in [0.3, 0.4) is 0 Å². The van der Waals surface area contributed by atoms with Gasteiger partial charge in [-0.25, -0.2) is 4.79 Å². The molecule has 2 heterocycles. The first-order chi connectivity index (χ1) is 26.3. The minimum atomic E-state index is -1.07. The highest BCUT2D eigenvalue weighted by Crippen LogP contribution is 2.65. The molecule has 4 fully saturated rings. The van der Waals surface area contributed by atoms with Gasteiger partial charge in [0, 0.05) is 12.5 Å². The summed E-state index contributed by atoms with van der Waals surface area (Å²) in [7, 11) is 2.78. The molecule has 2 saturated heterocycles. The van der Waals surface area contributed by atoms with Gasteiger partial charge in [-0.15, -0.1) is 25.6 Å². The smallest absolute Gasteiger partial charge is 0.328 e. The van der Waals surface area contributed by atoms with Crippen LogP contribution >= 0.6 is 12.4 Å². The summed E-state index contributed by atoms with van der Waals surface area (Å²) in [4.78, 5) is 73.1. The topological polar surface area (TPSA) is 193 Å². The van der Waals surface area contributed by atoms with Crippen molar-refractivity contribution in [2.45, 2.75) is 105 Å². The monoisotopic (exact) mass is 844 g/mol. The molecule has 2 aliphatic carbocycles. The second-order valence-corrected chi connectivity index (χ2v) is 18.2. The molecular weight excluding hydrogens is 776 g/mol. The van der Waals surface area contributed by atoms with Crippen LogP contribution in [-0.4, -0.2) is 123 Å². The Morgan fingerprint density at radius 1 is 0.759 bits per heavy atom. The van der Waals surface area contributed by atoms with Crippen molar-refractivity contribution in [1.82, 2.24) is 10.2 Å². The Hall–Kier alpha value is -3.53. The average Bonchev–Trinajstić information content (AvgIpc) is 3.56. The molecule has 332 valence electrons. The molecule has 15 nitrogen and oxygen atoms in total. The van der Waals surface area contributed by atoms with E-state index in [-0.39, 0.29) is 86.8 Å². The minimum Gasteiger partial charge on any atom is -0.481 e. The maximum atomic E-state index is 13.3. The lowest BCUT2D eigenvalue weighted by molar-refractivity contribution is -0.161. The van der Waals surface area contributed by atoms with Crippen molar-refractivity contribution in [3.63, 3.8) is 0 Å². The lowest BCUT2D eigenvalue weighted by atomic mass is 9.98. The summed E-state index contributed by atoms with van der Waals surface area (Å²) in [6, 6.07) is -0.659. The van der Waals surface area contributed by atoms with E-state index in [4.69, 9.17) is 33.5 Å². The molecule has 0 aromatic carbocycles. The number of hydrogen-bond acceptors (Lipinski definition) is 13. The molecule has 0 spiro atoms. The van der Waals surface area contributed by atoms with Crippen molar-refractivity contribution in [2.75, 3.05) is 53.7 Å². The maximum absolute atomic E-state index is 13.3. The largest absolute Gasteiger partial charge is 0.481 e.